The maximum absolute atomic E-state index is 12.8. The van der Waals surface area contributed by atoms with Gasteiger partial charge in [0.05, 0.1) is 23.0 Å². The first kappa shape index (κ1) is 22.7. The van der Waals surface area contributed by atoms with Crippen molar-refractivity contribution >= 4 is 11.9 Å². The van der Waals surface area contributed by atoms with Crippen LogP contribution < -0.4 is 5.32 Å². The average Bonchev–Trinajstić information content (AvgIpc) is 3.33. The molecule has 0 bridgehead atoms. The van der Waals surface area contributed by atoms with Gasteiger partial charge in [-0.05, 0) is 53.6 Å². The Labute approximate surface area is 191 Å². The van der Waals surface area contributed by atoms with Crippen LogP contribution in [0.1, 0.15) is 26.3 Å². The van der Waals surface area contributed by atoms with E-state index in [2.05, 4.69) is 15.6 Å². The van der Waals surface area contributed by atoms with E-state index in [4.69, 9.17) is 0 Å². The van der Waals surface area contributed by atoms with Crippen LogP contribution in [0.4, 0.5) is 13.2 Å². The van der Waals surface area contributed by atoms with Gasteiger partial charge in [-0.25, -0.2) is 9.48 Å². The fourth-order valence-electron chi connectivity index (χ4n) is 3.34. The molecule has 172 valence electrons. The van der Waals surface area contributed by atoms with E-state index in [0.717, 1.165) is 12.1 Å². The summed E-state index contributed by atoms with van der Waals surface area (Å²) >= 11 is 0. The Hall–Kier alpha value is -4.47. The molecule has 10 heteroatoms. The van der Waals surface area contributed by atoms with Crippen molar-refractivity contribution in [2.45, 2.75) is 6.18 Å². The van der Waals surface area contributed by atoms with Crippen LogP contribution in [-0.2, 0) is 6.18 Å². The SMILES string of the molecule is CNC(=O)c1ccc(-c2cc(C(=O)O)cc(-n3cc(-c4ccc(C(F)(F)F)cc4)nn3)c2)cc1. The molecule has 2 N–H and O–H groups in total. The molecule has 0 unspecified atom stereocenters. The first-order valence-corrected chi connectivity index (χ1v) is 9.97. The molecular formula is C24H17F3N4O3. The zero-order chi connectivity index (χ0) is 24.5. The fraction of sp³-hybridized carbons (Fsp3) is 0.0833. The standard InChI is InChI=1S/C24H17F3N4O3/c1-28-22(32)16-4-2-14(3-5-16)17-10-18(23(33)34)12-20(11-17)31-13-21(29-30-31)15-6-8-19(9-7-15)24(25,26)27/h2-13H,1H3,(H,28,32)(H,33,34). The fourth-order valence-corrected chi connectivity index (χ4v) is 3.34. The molecule has 0 fully saturated rings. The largest absolute Gasteiger partial charge is 0.478 e. The van der Waals surface area contributed by atoms with Crippen molar-refractivity contribution in [2.24, 2.45) is 0 Å². The summed E-state index contributed by atoms with van der Waals surface area (Å²) < 4.78 is 39.8. The van der Waals surface area contributed by atoms with Gasteiger partial charge >= 0.3 is 12.1 Å². The van der Waals surface area contributed by atoms with E-state index in [1.165, 1.54) is 42.2 Å². The molecule has 0 atom stereocenters. The monoisotopic (exact) mass is 466 g/mol. The van der Waals surface area contributed by atoms with Gasteiger partial charge in [0.2, 0.25) is 0 Å². The number of hydrogen-bond acceptors (Lipinski definition) is 4. The number of carbonyl (C=O) groups excluding carboxylic acids is 1. The molecule has 34 heavy (non-hydrogen) atoms. The highest BCUT2D eigenvalue weighted by molar-refractivity contribution is 5.95. The van der Waals surface area contributed by atoms with E-state index in [9.17, 15) is 27.9 Å². The predicted molar refractivity (Wildman–Crippen MR) is 118 cm³/mol. The number of carbonyl (C=O) groups is 2. The van der Waals surface area contributed by atoms with Gasteiger partial charge in [0.1, 0.15) is 5.69 Å². The number of rotatable bonds is 5. The van der Waals surface area contributed by atoms with Crippen LogP contribution >= 0.6 is 0 Å². The predicted octanol–water partition coefficient (Wildman–Crippen LogP) is 4.68. The van der Waals surface area contributed by atoms with E-state index in [1.54, 1.807) is 30.3 Å². The highest BCUT2D eigenvalue weighted by atomic mass is 19.4. The first-order valence-electron chi connectivity index (χ1n) is 9.97. The van der Waals surface area contributed by atoms with Crippen LogP contribution in [0.2, 0.25) is 0 Å². The molecule has 7 nitrogen and oxygen atoms in total. The Balaban J connectivity index is 1.70. The number of nitrogens with one attached hydrogen (secondary N) is 1. The van der Waals surface area contributed by atoms with Gasteiger partial charge in [-0.2, -0.15) is 13.2 Å². The zero-order valence-corrected chi connectivity index (χ0v) is 17.7. The third-order valence-corrected chi connectivity index (χ3v) is 5.14. The number of amides is 1. The Bertz CT molecular complexity index is 1360. The van der Waals surface area contributed by atoms with Gasteiger partial charge < -0.3 is 10.4 Å². The van der Waals surface area contributed by atoms with Crippen LogP contribution in [0.5, 0.6) is 0 Å². The molecule has 1 amide bonds. The van der Waals surface area contributed by atoms with Gasteiger partial charge in [-0.3, -0.25) is 4.79 Å². The molecule has 4 aromatic rings. The number of hydrogen-bond donors (Lipinski definition) is 2. The Morgan fingerprint density at radius 2 is 1.53 bits per heavy atom. The van der Waals surface area contributed by atoms with Crippen molar-refractivity contribution in [1.82, 2.24) is 20.3 Å². The van der Waals surface area contributed by atoms with Crippen LogP contribution in [0.15, 0.2) is 72.9 Å². The summed E-state index contributed by atoms with van der Waals surface area (Å²) in [6, 6.07) is 15.8. The zero-order valence-electron chi connectivity index (χ0n) is 17.7. The summed E-state index contributed by atoms with van der Waals surface area (Å²) in [5.74, 6) is -1.39. The van der Waals surface area contributed by atoms with Crippen molar-refractivity contribution in [2.75, 3.05) is 7.05 Å². The van der Waals surface area contributed by atoms with E-state index in [1.807, 2.05) is 0 Å². The molecule has 1 heterocycles. The highest BCUT2D eigenvalue weighted by Gasteiger charge is 2.30. The highest BCUT2D eigenvalue weighted by Crippen LogP contribution is 2.31. The number of carboxylic acid groups (broad SMARTS) is 1. The molecule has 0 saturated heterocycles. The maximum Gasteiger partial charge on any atom is 0.416 e. The van der Waals surface area contributed by atoms with Crippen LogP contribution in [0, 0.1) is 0 Å². The minimum Gasteiger partial charge on any atom is -0.478 e. The number of halogens is 3. The van der Waals surface area contributed by atoms with E-state index in [0.29, 0.717) is 33.6 Å². The van der Waals surface area contributed by atoms with E-state index in [-0.39, 0.29) is 11.5 Å². The molecule has 0 aliphatic carbocycles. The number of carboxylic acids is 1. The maximum atomic E-state index is 12.8. The third-order valence-electron chi connectivity index (χ3n) is 5.14. The summed E-state index contributed by atoms with van der Waals surface area (Å²) in [5, 5.41) is 20.1. The van der Waals surface area contributed by atoms with Gasteiger partial charge in [0, 0.05) is 18.2 Å². The smallest absolute Gasteiger partial charge is 0.416 e. The summed E-state index contributed by atoms with van der Waals surface area (Å²) in [5.41, 5.74) is 2.10. The van der Waals surface area contributed by atoms with Gasteiger partial charge in [-0.1, -0.05) is 29.5 Å². The van der Waals surface area contributed by atoms with Crippen LogP contribution in [-0.4, -0.2) is 39.0 Å². The van der Waals surface area contributed by atoms with Crippen molar-refractivity contribution in [3.63, 3.8) is 0 Å². The quantitative estimate of drug-likeness (QED) is 0.445. The Morgan fingerprint density at radius 3 is 2.12 bits per heavy atom. The van der Waals surface area contributed by atoms with Gasteiger partial charge in [0.15, 0.2) is 0 Å². The molecule has 1 aromatic heterocycles. The Kier molecular flexibility index (Phi) is 5.89. The summed E-state index contributed by atoms with van der Waals surface area (Å²) in [7, 11) is 1.52. The minimum absolute atomic E-state index is 0.00876. The lowest BCUT2D eigenvalue weighted by Crippen LogP contribution is -2.17. The molecular weight excluding hydrogens is 449 g/mol. The molecule has 0 aliphatic heterocycles. The normalized spacial score (nSPS) is 11.3. The van der Waals surface area contributed by atoms with Crippen molar-refractivity contribution < 1.29 is 27.9 Å². The number of alkyl halides is 3. The molecule has 4 rings (SSSR count). The second kappa shape index (κ2) is 8.81. The summed E-state index contributed by atoms with van der Waals surface area (Å²) in [4.78, 5) is 23.5. The minimum atomic E-state index is -4.44. The third kappa shape index (κ3) is 4.65. The van der Waals surface area contributed by atoms with Gasteiger partial charge in [-0.15, -0.1) is 5.10 Å². The summed E-state index contributed by atoms with van der Waals surface area (Å²) in [6.07, 6.45) is -2.94. The number of benzene rings is 3. The van der Waals surface area contributed by atoms with Gasteiger partial charge in [0.25, 0.3) is 5.91 Å². The molecule has 3 aromatic carbocycles. The number of nitrogens with zero attached hydrogens (tertiary/aromatic N) is 3. The second-order valence-corrected chi connectivity index (χ2v) is 7.35. The van der Waals surface area contributed by atoms with Crippen molar-refractivity contribution in [3.8, 4) is 28.1 Å². The number of aromatic carboxylic acids is 1. The average molecular weight is 466 g/mol. The lowest BCUT2D eigenvalue weighted by Gasteiger charge is -2.09. The van der Waals surface area contributed by atoms with Crippen LogP contribution in [0.25, 0.3) is 28.1 Å². The van der Waals surface area contributed by atoms with E-state index >= 15 is 0 Å². The molecule has 0 aliphatic rings. The first-order chi connectivity index (χ1) is 16.2. The number of aromatic nitrogens is 3. The molecule has 0 saturated carbocycles. The molecule has 0 spiro atoms. The summed E-state index contributed by atoms with van der Waals surface area (Å²) in [6.45, 7) is 0. The Morgan fingerprint density at radius 1 is 0.882 bits per heavy atom. The van der Waals surface area contributed by atoms with Crippen molar-refractivity contribution in [1.29, 1.82) is 0 Å². The topological polar surface area (TPSA) is 97.1 Å². The lowest BCUT2D eigenvalue weighted by atomic mass is 10.0. The lowest BCUT2D eigenvalue weighted by molar-refractivity contribution is -0.137. The second-order valence-electron chi connectivity index (χ2n) is 7.35. The molecule has 0 radical (unpaired) electrons. The van der Waals surface area contributed by atoms with Crippen LogP contribution in [0.3, 0.4) is 0 Å². The van der Waals surface area contributed by atoms with Crippen molar-refractivity contribution in [3.05, 3.63) is 89.6 Å². The van der Waals surface area contributed by atoms with E-state index < -0.39 is 17.7 Å².